The van der Waals surface area contributed by atoms with Crippen molar-refractivity contribution in [3.05, 3.63) is 35.6 Å². The highest BCUT2D eigenvalue weighted by molar-refractivity contribution is 5.78. The summed E-state index contributed by atoms with van der Waals surface area (Å²) in [4.78, 5) is 12.1. The lowest BCUT2D eigenvalue weighted by Crippen LogP contribution is -2.40. The lowest BCUT2D eigenvalue weighted by molar-refractivity contribution is -0.125. The fourth-order valence-electron chi connectivity index (χ4n) is 2.85. The summed E-state index contributed by atoms with van der Waals surface area (Å²) in [5, 5.41) is 12.9. The molecular formula is C18H26FNO3. The van der Waals surface area contributed by atoms with Crippen molar-refractivity contribution >= 4 is 5.91 Å². The first-order valence-corrected chi connectivity index (χ1v) is 8.35. The maximum absolute atomic E-state index is 13.6. The summed E-state index contributed by atoms with van der Waals surface area (Å²) in [7, 11) is 0. The number of hydrogen-bond acceptors (Lipinski definition) is 3. The first kappa shape index (κ1) is 17.9. The van der Waals surface area contributed by atoms with Crippen LogP contribution in [0.4, 0.5) is 4.39 Å². The van der Waals surface area contributed by atoms with Gasteiger partial charge in [-0.25, -0.2) is 4.39 Å². The lowest BCUT2D eigenvalue weighted by Gasteiger charge is -2.27. The van der Waals surface area contributed by atoms with E-state index >= 15 is 0 Å². The summed E-state index contributed by atoms with van der Waals surface area (Å²) in [6.07, 6.45) is 2.26. The Bertz CT molecular complexity index is 503. The fraction of sp³-hybridized carbons (Fsp3) is 0.611. The average Bonchev–Trinajstić information content (AvgIpc) is 2.59. The monoisotopic (exact) mass is 323 g/mol. The molecule has 1 saturated heterocycles. The third kappa shape index (κ3) is 5.59. The number of nitrogens with one attached hydrogen (secondary N) is 1. The van der Waals surface area contributed by atoms with Crippen molar-refractivity contribution in [3.8, 4) is 0 Å². The van der Waals surface area contributed by atoms with Gasteiger partial charge in [-0.1, -0.05) is 25.1 Å². The molecule has 5 heteroatoms. The van der Waals surface area contributed by atoms with Crippen molar-refractivity contribution in [2.75, 3.05) is 19.8 Å². The number of hydrogen-bond donors (Lipinski definition) is 2. The van der Waals surface area contributed by atoms with Crippen LogP contribution in [0.15, 0.2) is 24.3 Å². The molecule has 0 spiro atoms. The van der Waals surface area contributed by atoms with Crippen LogP contribution in [0.2, 0.25) is 0 Å². The topological polar surface area (TPSA) is 58.6 Å². The van der Waals surface area contributed by atoms with Crippen LogP contribution in [-0.2, 0) is 16.0 Å². The maximum atomic E-state index is 13.6. The van der Waals surface area contributed by atoms with E-state index in [0.29, 0.717) is 31.6 Å². The highest BCUT2D eigenvalue weighted by atomic mass is 19.1. The molecule has 1 aromatic rings. The standard InChI is InChI=1S/C18H26FNO3/c1-13(6-7-14-4-2-3-5-16(14)19)18(22)20-12-17(21)15-8-10-23-11-9-15/h2-5,13,15,17,21H,6-12H2,1H3,(H,20,22)/t13-,17-/m1/s1. The first-order chi connectivity index (χ1) is 11.1. The molecule has 0 bridgehead atoms. The predicted octanol–water partition coefficient (Wildman–Crippen LogP) is 2.30. The van der Waals surface area contributed by atoms with Crippen molar-refractivity contribution in [3.63, 3.8) is 0 Å². The smallest absolute Gasteiger partial charge is 0.222 e. The summed E-state index contributed by atoms with van der Waals surface area (Å²) in [6, 6.07) is 6.64. The van der Waals surface area contributed by atoms with Gasteiger partial charge in [0.15, 0.2) is 0 Å². The number of aliphatic hydroxyl groups is 1. The normalized spacial score (nSPS) is 18.4. The highest BCUT2D eigenvalue weighted by Crippen LogP contribution is 2.18. The van der Waals surface area contributed by atoms with Crippen molar-refractivity contribution in [1.29, 1.82) is 0 Å². The predicted molar refractivity (Wildman–Crippen MR) is 86.4 cm³/mol. The van der Waals surface area contributed by atoms with E-state index in [4.69, 9.17) is 4.74 Å². The minimum atomic E-state index is -0.526. The van der Waals surface area contributed by atoms with Crippen molar-refractivity contribution in [1.82, 2.24) is 5.32 Å². The second-order valence-electron chi connectivity index (χ2n) is 6.29. The summed E-state index contributed by atoms with van der Waals surface area (Å²) >= 11 is 0. The fourth-order valence-corrected chi connectivity index (χ4v) is 2.85. The molecule has 2 rings (SSSR count). The van der Waals surface area contributed by atoms with Gasteiger partial charge in [0.25, 0.3) is 0 Å². The third-order valence-corrected chi connectivity index (χ3v) is 4.55. The largest absolute Gasteiger partial charge is 0.391 e. The molecule has 4 nitrogen and oxygen atoms in total. The highest BCUT2D eigenvalue weighted by Gasteiger charge is 2.23. The molecule has 128 valence electrons. The molecule has 23 heavy (non-hydrogen) atoms. The zero-order chi connectivity index (χ0) is 16.7. The van der Waals surface area contributed by atoms with Gasteiger partial charge in [0.2, 0.25) is 5.91 Å². The Balaban J connectivity index is 1.71. The van der Waals surface area contributed by atoms with Gasteiger partial charge >= 0.3 is 0 Å². The van der Waals surface area contributed by atoms with Crippen LogP contribution in [0, 0.1) is 17.7 Å². The van der Waals surface area contributed by atoms with Crippen LogP contribution >= 0.6 is 0 Å². The SMILES string of the molecule is C[C@H](CCc1ccccc1F)C(=O)NC[C@@H](O)C1CCOCC1. The van der Waals surface area contributed by atoms with Gasteiger partial charge in [-0.05, 0) is 43.2 Å². The number of rotatable bonds is 7. The number of carbonyl (C=O) groups is 1. The molecule has 0 aliphatic carbocycles. The quantitative estimate of drug-likeness (QED) is 0.809. The Morgan fingerprint density at radius 1 is 1.39 bits per heavy atom. The molecule has 2 N–H and O–H groups in total. The molecule has 1 fully saturated rings. The first-order valence-electron chi connectivity index (χ1n) is 8.35. The molecule has 1 heterocycles. The van der Waals surface area contributed by atoms with Gasteiger partial charge in [-0.2, -0.15) is 0 Å². The second-order valence-corrected chi connectivity index (χ2v) is 6.29. The summed E-state index contributed by atoms with van der Waals surface area (Å²) in [6.45, 7) is 3.45. The molecule has 1 aliphatic heterocycles. The van der Waals surface area contributed by atoms with Gasteiger partial charge in [0, 0.05) is 25.7 Å². The molecule has 1 aromatic carbocycles. The average molecular weight is 323 g/mol. The minimum absolute atomic E-state index is 0.0903. The minimum Gasteiger partial charge on any atom is -0.391 e. The van der Waals surface area contributed by atoms with Gasteiger partial charge < -0.3 is 15.2 Å². The van der Waals surface area contributed by atoms with E-state index in [2.05, 4.69) is 5.32 Å². The molecule has 0 radical (unpaired) electrons. The number of carbonyl (C=O) groups excluding carboxylic acids is 1. The van der Waals surface area contributed by atoms with Crippen LogP contribution in [0.3, 0.4) is 0 Å². The van der Waals surface area contributed by atoms with E-state index in [1.165, 1.54) is 6.07 Å². The lowest BCUT2D eigenvalue weighted by atomic mass is 9.93. The van der Waals surface area contributed by atoms with Crippen LogP contribution < -0.4 is 5.32 Å². The Morgan fingerprint density at radius 3 is 2.78 bits per heavy atom. The van der Waals surface area contributed by atoms with E-state index < -0.39 is 6.10 Å². The number of benzene rings is 1. The van der Waals surface area contributed by atoms with E-state index in [9.17, 15) is 14.3 Å². The van der Waals surface area contributed by atoms with Gasteiger partial charge in [-0.15, -0.1) is 0 Å². The van der Waals surface area contributed by atoms with Crippen LogP contribution in [0.5, 0.6) is 0 Å². The number of halogens is 1. The van der Waals surface area contributed by atoms with Crippen LogP contribution in [0.25, 0.3) is 0 Å². The van der Waals surface area contributed by atoms with Gasteiger partial charge in [-0.3, -0.25) is 4.79 Å². The zero-order valence-electron chi connectivity index (χ0n) is 13.6. The Morgan fingerprint density at radius 2 is 2.09 bits per heavy atom. The molecular weight excluding hydrogens is 297 g/mol. The number of aryl methyl sites for hydroxylation is 1. The third-order valence-electron chi connectivity index (χ3n) is 4.55. The summed E-state index contributed by atoms with van der Waals surface area (Å²) < 4.78 is 18.8. The van der Waals surface area contributed by atoms with Gasteiger partial charge in [0.1, 0.15) is 5.82 Å². The Labute approximate surface area is 137 Å². The molecule has 0 unspecified atom stereocenters. The van der Waals surface area contributed by atoms with E-state index in [1.54, 1.807) is 18.2 Å². The van der Waals surface area contributed by atoms with Crippen molar-refractivity contribution in [2.24, 2.45) is 11.8 Å². The molecule has 2 atom stereocenters. The molecule has 1 amide bonds. The maximum Gasteiger partial charge on any atom is 0.222 e. The van der Waals surface area contributed by atoms with Crippen LogP contribution in [-0.4, -0.2) is 36.9 Å². The molecule has 0 saturated carbocycles. The Hall–Kier alpha value is -1.46. The van der Waals surface area contributed by atoms with Gasteiger partial charge in [0.05, 0.1) is 6.10 Å². The number of ether oxygens (including phenoxy) is 1. The Kier molecular flexibility index (Phi) is 6.99. The number of amides is 1. The van der Waals surface area contributed by atoms with E-state index in [0.717, 1.165) is 12.8 Å². The second kappa shape index (κ2) is 8.99. The molecule has 0 aromatic heterocycles. The molecule has 1 aliphatic rings. The van der Waals surface area contributed by atoms with Crippen molar-refractivity contribution < 1.29 is 19.0 Å². The summed E-state index contributed by atoms with van der Waals surface area (Å²) in [5.41, 5.74) is 0.634. The van der Waals surface area contributed by atoms with Crippen LogP contribution in [0.1, 0.15) is 31.7 Å². The van der Waals surface area contributed by atoms with E-state index in [1.807, 2.05) is 6.92 Å². The van der Waals surface area contributed by atoms with Crippen molar-refractivity contribution in [2.45, 2.75) is 38.7 Å². The van der Waals surface area contributed by atoms with E-state index in [-0.39, 0.29) is 30.1 Å². The summed E-state index contributed by atoms with van der Waals surface area (Å²) in [5.74, 6) is -0.336. The number of aliphatic hydroxyl groups excluding tert-OH is 1. The zero-order valence-corrected chi connectivity index (χ0v) is 13.6.